The molecule has 0 unspecified atom stereocenters. The molecule has 4 rings (SSSR count). The first-order valence-corrected chi connectivity index (χ1v) is 13.3. The zero-order chi connectivity index (χ0) is 28.6. The first kappa shape index (κ1) is 27.8. The summed E-state index contributed by atoms with van der Waals surface area (Å²) in [5.74, 6) is -2.45. The Morgan fingerprint density at radius 3 is 2.36 bits per heavy atom. The molecule has 1 atom stereocenters. The van der Waals surface area contributed by atoms with E-state index in [-0.39, 0.29) is 33.1 Å². The molecule has 4 aromatic rings. The van der Waals surface area contributed by atoms with Crippen molar-refractivity contribution in [3.8, 4) is 22.3 Å². The first-order valence-electron chi connectivity index (χ1n) is 11.5. The molecule has 0 saturated heterocycles. The van der Waals surface area contributed by atoms with Crippen LogP contribution in [0, 0.1) is 18.6 Å². The molecule has 0 bridgehead atoms. The van der Waals surface area contributed by atoms with Gasteiger partial charge in [-0.25, -0.2) is 26.9 Å². The standard InChI is InChI=1S/C26H23F4N5O3S/c1-13(16-6-18(27)10-19(7-16)39(3,37)38)34-25(36)20-5-4-15(9-23(20)28)21-8-17(11-32-24(21)31)22-12-33-35(14(22)2)26(29)30/h4-13,26H,1-3H3,(H2,31,32)(H,34,36)/t13-/m1/s1. The fourth-order valence-electron chi connectivity index (χ4n) is 4.03. The lowest BCUT2D eigenvalue weighted by Gasteiger charge is -2.16. The number of anilines is 1. The van der Waals surface area contributed by atoms with E-state index in [0.29, 0.717) is 21.4 Å². The third-order valence-corrected chi connectivity index (χ3v) is 7.25. The number of sulfone groups is 1. The highest BCUT2D eigenvalue weighted by Gasteiger charge is 2.20. The molecule has 0 aliphatic carbocycles. The van der Waals surface area contributed by atoms with Crippen LogP contribution in [0.2, 0.25) is 0 Å². The second kappa shape index (κ2) is 10.5. The van der Waals surface area contributed by atoms with Crippen LogP contribution in [-0.2, 0) is 9.84 Å². The SMILES string of the molecule is Cc1c(-c2cnc(N)c(-c3ccc(C(=O)N[C@H](C)c4cc(F)cc(S(C)(=O)=O)c4)c(F)c3)c2)cnn1C(F)F. The predicted molar refractivity (Wildman–Crippen MR) is 137 cm³/mol. The average Bonchev–Trinajstić information content (AvgIpc) is 3.24. The van der Waals surface area contributed by atoms with E-state index in [1.807, 2.05) is 0 Å². The van der Waals surface area contributed by atoms with Crippen molar-refractivity contribution in [2.24, 2.45) is 0 Å². The minimum absolute atomic E-state index is 0.0515. The van der Waals surface area contributed by atoms with Crippen LogP contribution >= 0.6 is 0 Å². The highest BCUT2D eigenvalue weighted by Crippen LogP contribution is 2.33. The molecule has 0 aliphatic rings. The minimum Gasteiger partial charge on any atom is -0.383 e. The van der Waals surface area contributed by atoms with Gasteiger partial charge in [0.1, 0.15) is 17.5 Å². The molecular weight excluding hydrogens is 538 g/mol. The molecule has 0 spiro atoms. The van der Waals surface area contributed by atoms with Crippen LogP contribution in [0.1, 0.15) is 41.1 Å². The number of nitrogens with two attached hydrogens (primary N) is 1. The van der Waals surface area contributed by atoms with Gasteiger partial charge in [0.2, 0.25) is 0 Å². The van der Waals surface area contributed by atoms with Crippen molar-refractivity contribution in [2.45, 2.75) is 31.3 Å². The lowest BCUT2D eigenvalue weighted by atomic mass is 9.99. The molecule has 2 aromatic heterocycles. The maximum absolute atomic E-state index is 15.1. The van der Waals surface area contributed by atoms with Crippen molar-refractivity contribution in [1.29, 1.82) is 0 Å². The summed E-state index contributed by atoms with van der Waals surface area (Å²) in [5.41, 5.74) is 7.49. The van der Waals surface area contributed by atoms with Crippen LogP contribution in [0.15, 0.2) is 59.8 Å². The zero-order valence-electron chi connectivity index (χ0n) is 20.9. The Labute approximate surface area is 221 Å². The molecule has 0 fully saturated rings. The van der Waals surface area contributed by atoms with Gasteiger partial charge in [-0.1, -0.05) is 6.07 Å². The Morgan fingerprint density at radius 2 is 1.74 bits per heavy atom. The number of amides is 1. The molecule has 0 aliphatic heterocycles. The predicted octanol–water partition coefficient (Wildman–Crippen LogP) is 5.07. The van der Waals surface area contributed by atoms with Crippen LogP contribution in [0.25, 0.3) is 22.3 Å². The molecule has 204 valence electrons. The number of benzene rings is 2. The van der Waals surface area contributed by atoms with Gasteiger partial charge in [0.15, 0.2) is 9.84 Å². The molecular formula is C26H23F4N5O3S. The number of alkyl halides is 2. The first-order chi connectivity index (χ1) is 18.3. The van der Waals surface area contributed by atoms with E-state index in [1.165, 1.54) is 44.4 Å². The molecule has 0 radical (unpaired) electrons. The Balaban J connectivity index is 1.60. The Kier molecular flexibility index (Phi) is 7.46. The van der Waals surface area contributed by atoms with Crippen LogP contribution in [0.4, 0.5) is 23.4 Å². The Hall–Kier alpha value is -4.26. The maximum Gasteiger partial charge on any atom is 0.333 e. The highest BCUT2D eigenvalue weighted by molar-refractivity contribution is 7.90. The van der Waals surface area contributed by atoms with Gasteiger partial charge >= 0.3 is 6.55 Å². The van der Waals surface area contributed by atoms with Gasteiger partial charge in [0.25, 0.3) is 5.91 Å². The highest BCUT2D eigenvalue weighted by atomic mass is 32.2. The summed E-state index contributed by atoms with van der Waals surface area (Å²) in [6, 6.07) is 7.64. The second-order valence-corrected chi connectivity index (χ2v) is 10.9. The van der Waals surface area contributed by atoms with Gasteiger partial charge in [-0.05, 0) is 61.4 Å². The number of carbonyl (C=O) groups excluding carboxylic acids is 1. The number of carbonyl (C=O) groups is 1. The molecule has 1 amide bonds. The van der Waals surface area contributed by atoms with Crippen LogP contribution in [0.3, 0.4) is 0 Å². The fourth-order valence-corrected chi connectivity index (χ4v) is 4.71. The number of nitrogens with one attached hydrogen (secondary N) is 1. The zero-order valence-corrected chi connectivity index (χ0v) is 21.7. The van der Waals surface area contributed by atoms with Crippen molar-refractivity contribution in [3.05, 3.63) is 83.3 Å². The van der Waals surface area contributed by atoms with E-state index in [1.54, 1.807) is 6.07 Å². The van der Waals surface area contributed by atoms with Gasteiger partial charge < -0.3 is 11.1 Å². The second-order valence-electron chi connectivity index (χ2n) is 8.90. The van der Waals surface area contributed by atoms with Crippen molar-refractivity contribution < 1.29 is 30.8 Å². The monoisotopic (exact) mass is 561 g/mol. The number of hydrogen-bond donors (Lipinski definition) is 2. The van der Waals surface area contributed by atoms with E-state index in [9.17, 15) is 26.4 Å². The van der Waals surface area contributed by atoms with Crippen LogP contribution < -0.4 is 11.1 Å². The van der Waals surface area contributed by atoms with Crippen LogP contribution in [-0.4, -0.2) is 35.3 Å². The summed E-state index contributed by atoms with van der Waals surface area (Å²) in [7, 11) is -3.70. The molecule has 3 N–H and O–H groups in total. The average molecular weight is 562 g/mol. The van der Waals surface area contributed by atoms with Gasteiger partial charge in [-0.3, -0.25) is 4.79 Å². The number of halogens is 4. The Bertz CT molecular complexity index is 1690. The number of nitrogen functional groups attached to an aromatic ring is 1. The smallest absolute Gasteiger partial charge is 0.333 e. The number of nitrogens with zero attached hydrogens (tertiary/aromatic N) is 3. The summed E-state index contributed by atoms with van der Waals surface area (Å²) in [4.78, 5) is 16.6. The summed E-state index contributed by atoms with van der Waals surface area (Å²) < 4.78 is 79.5. The quantitative estimate of drug-likeness (QED) is 0.304. The van der Waals surface area contributed by atoms with Crippen molar-refractivity contribution >= 4 is 21.6 Å². The third kappa shape index (κ3) is 5.77. The lowest BCUT2D eigenvalue weighted by Crippen LogP contribution is -2.27. The fraction of sp³-hybridized carbons (Fsp3) is 0.192. The van der Waals surface area contributed by atoms with Crippen molar-refractivity contribution in [1.82, 2.24) is 20.1 Å². The summed E-state index contributed by atoms with van der Waals surface area (Å²) >= 11 is 0. The number of pyridine rings is 1. The molecule has 2 aromatic carbocycles. The molecule has 8 nitrogen and oxygen atoms in total. The number of rotatable bonds is 7. The topological polar surface area (TPSA) is 120 Å². The van der Waals surface area contributed by atoms with Crippen molar-refractivity contribution in [3.63, 3.8) is 0 Å². The number of aromatic nitrogens is 3. The van der Waals surface area contributed by atoms with Gasteiger partial charge in [0, 0.05) is 34.8 Å². The van der Waals surface area contributed by atoms with E-state index < -0.39 is 40.0 Å². The van der Waals surface area contributed by atoms with E-state index in [2.05, 4.69) is 15.4 Å². The molecule has 2 heterocycles. The van der Waals surface area contributed by atoms with E-state index >= 15 is 4.39 Å². The molecule has 0 saturated carbocycles. The van der Waals surface area contributed by atoms with Crippen LogP contribution in [0.5, 0.6) is 0 Å². The number of hydrogen-bond acceptors (Lipinski definition) is 6. The van der Waals surface area contributed by atoms with Gasteiger partial charge in [-0.2, -0.15) is 13.9 Å². The van der Waals surface area contributed by atoms with Gasteiger partial charge in [-0.15, -0.1) is 0 Å². The van der Waals surface area contributed by atoms with Gasteiger partial charge in [0.05, 0.1) is 22.7 Å². The normalized spacial score (nSPS) is 12.5. The van der Waals surface area contributed by atoms with E-state index in [0.717, 1.165) is 24.5 Å². The largest absolute Gasteiger partial charge is 0.383 e. The maximum atomic E-state index is 15.1. The van der Waals surface area contributed by atoms with Crippen molar-refractivity contribution in [2.75, 3.05) is 12.0 Å². The molecule has 13 heteroatoms. The third-order valence-electron chi connectivity index (χ3n) is 6.15. The minimum atomic E-state index is -3.70. The van der Waals surface area contributed by atoms with E-state index in [4.69, 9.17) is 5.73 Å². The summed E-state index contributed by atoms with van der Waals surface area (Å²) in [6.45, 7) is 0.156. The lowest BCUT2D eigenvalue weighted by molar-refractivity contribution is 0.0545. The molecule has 39 heavy (non-hydrogen) atoms. The summed E-state index contributed by atoms with van der Waals surface area (Å²) in [6.07, 6.45) is 3.59. The summed E-state index contributed by atoms with van der Waals surface area (Å²) in [5, 5.41) is 6.21. The Morgan fingerprint density at radius 1 is 1.03 bits per heavy atom.